The van der Waals surface area contributed by atoms with E-state index >= 15 is 0 Å². The van der Waals surface area contributed by atoms with Crippen molar-refractivity contribution in [3.05, 3.63) is 35.5 Å². The highest BCUT2D eigenvalue weighted by molar-refractivity contribution is 5.45. The summed E-state index contributed by atoms with van der Waals surface area (Å²) in [6.45, 7) is 10.7. The minimum atomic E-state index is -0.0958. The Labute approximate surface area is 114 Å². The van der Waals surface area contributed by atoms with Crippen molar-refractivity contribution in [2.45, 2.75) is 46.0 Å². The Morgan fingerprint density at radius 1 is 1.21 bits per heavy atom. The maximum atomic E-state index is 5.97. The Kier molecular flexibility index (Phi) is 3.35. The van der Waals surface area contributed by atoms with Gasteiger partial charge in [-0.1, -0.05) is 52.0 Å². The predicted molar refractivity (Wildman–Crippen MR) is 78.6 cm³/mol. The van der Waals surface area contributed by atoms with Crippen LogP contribution in [0.5, 0.6) is 0 Å². The second-order valence-corrected chi connectivity index (χ2v) is 6.23. The summed E-state index contributed by atoms with van der Waals surface area (Å²) in [6.07, 6.45) is 0. The molecule has 0 aliphatic heterocycles. The molecule has 2 rings (SSSR count). The molecule has 0 saturated carbocycles. The summed E-state index contributed by atoms with van der Waals surface area (Å²) in [7, 11) is 0. The van der Waals surface area contributed by atoms with Crippen LogP contribution in [-0.2, 0) is 5.41 Å². The predicted octanol–water partition coefficient (Wildman–Crippen LogP) is 3.27. The van der Waals surface area contributed by atoms with Crippen molar-refractivity contribution in [3.8, 4) is 5.69 Å². The number of aromatic nitrogens is 3. The van der Waals surface area contributed by atoms with Crippen LogP contribution in [-0.4, -0.2) is 15.0 Å². The molecule has 1 aromatic heterocycles. The molecule has 0 radical (unpaired) electrons. The molecule has 102 valence electrons. The largest absolute Gasteiger partial charge is 0.381 e. The Morgan fingerprint density at radius 2 is 1.89 bits per heavy atom. The maximum Gasteiger partial charge on any atom is 0.170 e. The van der Waals surface area contributed by atoms with Gasteiger partial charge in [0.2, 0.25) is 0 Å². The highest BCUT2D eigenvalue weighted by atomic mass is 15.4. The second-order valence-electron chi connectivity index (χ2n) is 6.23. The summed E-state index contributed by atoms with van der Waals surface area (Å²) in [5.74, 6) is 0.987. The summed E-state index contributed by atoms with van der Waals surface area (Å²) in [5, 5.41) is 8.22. The van der Waals surface area contributed by atoms with E-state index in [0.717, 1.165) is 11.4 Å². The SMILES string of the molecule is CC(C)c1cccc(-n2nnc(N)c2C(C)(C)C)c1. The standard InChI is InChI=1S/C15H22N4/c1-10(2)11-7-6-8-12(9-11)19-13(15(3,4)5)14(16)17-18-19/h6-10H,16H2,1-5H3. The van der Waals surface area contributed by atoms with Crippen LogP contribution >= 0.6 is 0 Å². The molecule has 4 heteroatoms. The van der Waals surface area contributed by atoms with Crippen LogP contribution in [0, 0.1) is 0 Å². The fraction of sp³-hybridized carbons (Fsp3) is 0.467. The van der Waals surface area contributed by atoms with E-state index in [1.807, 2.05) is 10.7 Å². The quantitative estimate of drug-likeness (QED) is 0.899. The smallest absolute Gasteiger partial charge is 0.170 e. The van der Waals surface area contributed by atoms with E-state index in [1.165, 1.54) is 5.56 Å². The molecule has 2 N–H and O–H groups in total. The minimum absolute atomic E-state index is 0.0958. The van der Waals surface area contributed by atoms with Gasteiger partial charge < -0.3 is 5.73 Å². The van der Waals surface area contributed by atoms with E-state index in [9.17, 15) is 0 Å². The van der Waals surface area contributed by atoms with Crippen LogP contribution in [0.3, 0.4) is 0 Å². The highest BCUT2D eigenvalue weighted by Crippen LogP contribution is 2.29. The van der Waals surface area contributed by atoms with Crippen molar-refractivity contribution in [1.29, 1.82) is 0 Å². The monoisotopic (exact) mass is 258 g/mol. The number of hydrogen-bond acceptors (Lipinski definition) is 3. The Morgan fingerprint density at radius 3 is 2.47 bits per heavy atom. The third kappa shape index (κ3) is 2.62. The molecule has 19 heavy (non-hydrogen) atoms. The normalized spacial score (nSPS) is 12.1. The summed E-state index contributed by atoms with van der Waals surface area (Å²) >= 11 is 0. The molecule has 1 aromatic carbocycles. The number of nitrogens with two attached hydrogens (primary N) is 1. The molecule has 0 aliphatic carbocycles. The number of anilines is 1. The van der Waals surface area contributed by atoms with Crippen LogP contribution < -0.4 is 5.73 Å². The first-order valence-corrected chi connectivity index (χ1v) is 6.62. The number of benzene rings is 1. The van der Waals surface area contributed by atoms with Gasteiger partial charge in [0.15, 0.2) is 5.82 Å². The number of rotatable bonds is 2. The zero-order valence-corrected chi connectivity index (χ0v) is 12.3. The third-order valence-corrected chi connectivity index (χ3v) is 3.19. The molecule has 0 saturated heterocycles. The highest BCUT2D eigenvalue weighted by Gasteiger charge is 2.24. The number of hydrogen-bond donors (Lipinski definition) is 1. The lowest BCUT2D eigenvalue weighted by atomic mass is 9.91. The molecule has 0 unspecified atom stereocenters. The first-order chi connectivity index (χ1) is 8.80. The molecular formula is C15H22N4. The van der Waals surface area contributed by atoms with Gasteiger partial charge in [-0.25, -0.2) is 4.68 Å². The van der Waals surface area contributed by atoms with Gasteiger partial charge in [0, 0.05) is 5.41 Å². The summed E-state index contributed by atoms with van der Waals surface area (Å²) in [6, 6.07) is 8.36. The van der Waals surface area contributed by atoms with E-state index in [1.54, 1.807) is 0 Å². The van der Waals surface area contributed by atoms with E-state index < -0.39 is 0 Å². The van der Waals surface area contributed by atoms with Crippen LogP contribution in [0.25, 0.3) is 5.69 Å². The van der Waals surface area contributed by atoms with Gasteiger partial charge in [0.1, 0.15) is 0 Å². The van der Waals surface area contributed by atoms with Crippen LogP contribution in [0.2, 0.25) is 0 Å². The van der Waals surface area contributed by atoms with Gasteiger partial charge in [0.25, 0.3) is 0 Å². The third-order valence-electron chi connectivity index (χ3n) is 3.19. The molecule has 4 nitrogen and oxygen atoms in total. The van der Waals surface area contributed by atoms with Gasteiger partial charge in [-0.3, -0.25) is 0 Å². The van der Waals surface area contributed by atoms with Crippen molar-refractivity contribution < 1.29 is 0 Å². The van der Waals surface area contributed by atoms with E-state index in [-0.39, 0.29) is 5.41 Å². The van der Waals surface area contributed by atoms with Crippen LogP contribution in [0.1, 0.15) is 51.8 Å². The summed E-state index contributed by atoms with van der Waals surface area (Å²) < 4.78 is 1.85. The molecule has 0 fully saturated rings. The average molecular weight is 258 g/mol. The Balaban J connectivity index is 2.57. The zero-order chi connectivity index (χ0) is 14.2. The van der Waals surface area contributed by atoms with E-state index in [2.05, 4.69) is 63.1 Å². The molecule has 0 bridgehead atoms. The lowest BCUT2D eigenvalue weighted by Gasteiger charge is -2.20. The molecule has 0 aliphatic rings. The van der Waals surface area contributed by atoms with Crippen molar-refractivity contribution in [3.63, 3.8) is 0 Å². The maximum absolute atomic E-state index is 5.97. The zero-order valence-electron chi connectivity index (χ0n) is 12.3. The molecule has 2 aromatic rings. The van der Waals surface area contributed by atoms with Crippen molar-refractivity contribution >= 4 is 5.82 Å². The minimum Gasteiger partial charge on any atom is -0.381 e. The number of nitrogen functional groups attached to an aromatic ring is 1. The molecule has 0 atom stereocenters. The van der Waals surface area contributed by atoms with Crippen molar-refractivity contribution in [2.24, 2.45) is 0 Å². The van der Waals surface area contributed by atoms with Gasteiger partial charge in [-0.15, -0.1) is 5.10 Å². The lowest BCUT2D eigenvalue weighted by molar-refractivity contribution is 0.544. The van der Waals surface area contributed by atoms with E-state index in [4.69, 9.17) is 5.73 Å². The molecular weight excluding hydrogens is 236 g/mol. The van der Waals surface area contributed by atoms with Gasteiger partial charge in [-0.2, -0.15) is 0 Å². The van der Waals surface area contributed by atoms with Crippen molar-refractivity contribution in [1.82, 2.24) is 15.0 Å². The number of nitrogens with zero attached hydrogens (tertiary/aromatic N) is 3. The molecule has 1 heterocycles. The molecule has 0 amide bonds. The second kappa shape index (κ2) is 4.68. The fourth-order valence-electron chi connectivity index (χ4n) is 2.19. The van der Waals surface area contributed by atoms with Gasteiger partial charge in [-0.05, 0) is 23.6 Å². The van der Waals surface area contributed by atoms with Gasteiger partial charge >= 0.3 is 0 Å². The first-order valence-electron chi connectivity index (χ1n) is 6.62. The molecule has 0 spiro atoms. The van der Waals surface area contributed by atoms with Crippen LogP contribution in [0.4, 0.5) is 5.82 Å². The topological polar surface area (TPSA) is 56.7 Å². The first kappa shape index (κ1) is 13.6. The van der Waals surface area contributed by atoms with Gasteiger partial charge in [0.05, 0.1) is 11.4 Å². The average Bonchev–Trinajstić information content (AvgIpc) is 2.71. The summed E-state index contributed by atoms with van der Waals surface area (Å²) in [4.78, 5) is 0. The Bertz CT molecular complexity index is 576. The lowest BCUT2D eigenvalue weighted by Crippen LogP contribution is -2.19. The van der Waals surface area contributed by atoms with Crippen molar-refractivity contribution in [2.75, 3.05) is 5.73 Å². The Hall–Kier alpha value is -1.84. The van der Waals surface area contributed by atoms with E-state index in [0.29, 0.717) is 11.7 Å². The fourth-order valence-corrected chi connectivity index (χ4v) is 2.19. The summed E-state index contributed by atoms with van der Waals surface area (Å²) in [5.41, 5.74) is 9.12. The van der Waals surface area contributed by atoms with Crippen LogP contribution in [0.15, 0.2) is 24.3 Å².